The first-order chi connectivity index (χ1) is 12.2. The Morgan fingerprint density at radius 1 is 1.16 bits per heavy atom. The maximum absolute atomic E-state index is 12.5. The lowest BCUT2D eigenvalue weighted by molar-refractivity contribution is 0.102. The van der Waals surface area contributed by atoms with Gasteiger partial charge < -0.3 is 10.1 Å². The molecule has 0 radical (unpaired) electrons. The topological polar surface area (TPSA) is 51.2 Å². The Kier molecular flexibility index (Phi) is 4.96. The number of aromatic nitrogens is 1. The lowest BCUT2D eigenvalue weighted by Crippen LogP contribution is -2.12. The summed E-state index contributed by atoms with van der Waals surface area (Å²) in [7, 11) is 0. The van der Waals surface area contributed by atoms with Gasteiger partial charge in [0.15, 0.2) is 0 Å². The zero-order valence-corrected chi connectivity index (χ0v) is 14.2. The van der Waals surface area contributed by atoms with E-state index < -0.39 is 0 Å². The molecule has 1 amide bonds. The number of carbonyl (C=O) groups is 1. The molecule has 2 aromatic carbocycles. The largest absolute Gasteiger partial charge is 0.481 e. The Morgan fingerprint density at radius 3 is 2.88 bits per heavy atom. The summed E-state index contributed by atoms with van der Waals surface area (Å²) < 4.78 is 5.51. The van der Waals surface area contributed by atoms with Crippen molar-refractivity contribution in [1.82, 2.24) is 4.98 Å². The maximum Gasteiger partial charge on any atom is 0.255 e. The first-order valence-electron chi connectivity index (χ1n) is 7.97. The van der Waals surface area contributed by atoms with Crippen LogP contribution >= 0.6 is 0 Å². The SMILES string of the molecule is CC#CCOc1cccc(NC(=O)c2ccc3nc(C)ccc3c2)c1. The predicted octanol–water partition coefficient (Wildman–Crippen LogP) is 4.20. The highest BCUT2D eigenvalue weighted by Crippen LogP contribution is 2.19. The van der Waals surface area contributed by atoms with E-state index >= 15 is 0 Å². The van der Waals surface area contributed by atoms with E-state index in [1.165, 1.54) is 0 Å². The Bertz CT molecular complexity index is 984. The molecule has 0 spiro atoms. The second-order valence-electron chi connectivity index (χ2n) is 5.56. The smallest absolute Gasteiger partial charge is 0.255 e. The van der Waals surface area contributed by atoms with Crippen LogP contribution in [-0.4, -0.2) is 17.5 Å². The lowest BCUT2D eigenvalue weighted by Gasteiger charge is -2.08. The number of ether oxygens (including phenoxy) is 1. The van der Waals surface area contributed by atoms with Crippen molar-refractivity contribution in [1.29, 1.82) is 0 Å². The van der Waals surface area contributed by atoms with Crippen LogP contribution in [0.4, 0.5) is 5.69 Å². The van der Waals surface area contributed by atoms with Crippen molar-refractivity contribution in [3.05, 3.63) is 65.9 Å². The molecule has 3 rings (SSSR count). The summed E-state index contributed by atoms with van der Waals surface area (Å²) >= 11 is 0. The number of carbonyl (C=O) groups excluding carboxylic acids is 1. The molecule has 3 aromatic rings. The molecule has 0 aliphatic carbocycles. The maximum atomic E-state index is 12.5. The Morgan fingerprint density at radius 2 is 2.04 bits per heavy atom. The molecule has 4 heteroatoms. The van der Waals surface area contributed by atoms with Crippen molar-refractivity contribution >= 4 is 22.5 Å². The molecule has 1 heterocycles. The number of nitrogens with one attached hydrogen (secondary N) is 1. The molecule has 0 atom stereocenters. The van der Waals surface area contributed by atoms with Crippen LogP contribution in [-0.2, 0) is 0 Å². The van der Waals surface area contributed by atoms with E-state index in [0.29, 0.717) is 23.6 Å². The molecule has 0 fully saturated rings. The molecule has 0 aliphatic rings. The Hall–Kier alpha value is -3.32. The van der Waals surface area contributed by atoms with Crippen molar-refractivity contribution in [2.24, 2.45) is 0 Å². The Balaban J connectivity index is 1.76. The molecule has 0 bridgehead atoms. The molecular weight excluding hydrogens is 312 g/mol. The number of hydrogen-bond donors (Lipinski definition) is 1. The number of rotatable bonds is 4. The van der Waals surface area contributed by atoms with Crippen molar-refractivity contribution in [3.8, 4) is 17.6 Å². The molecule has 1 aromatic heterocycles. The van der Waals surface area contributed by atoms with Gasteiger partial charge in [-0.3, -0.25) is 9.78 Å². The standard InChI is InChI=1S/C21H18N2O2/c1-3-4-12-25-19-7-5-6-18(14-19)23-21(24)17-10-11-20-16(13-17)9-8-15(2)22-20/h5-11,13-14H,12H2,1-2H3,(H,23,24). The van der Waals surface area contributed by atoms with Gasteiger partial charge in [-0.15, -0.1) is 5.92 Å². The summed E-state index contributed by atoms with van der Waals surface area (Å²) in [6.07, 6.45) is 0. The Labute approximate surface area is 146 Å². The van der Waals surface area contributed by atoms with Gasteiger partial charge in [0.25, 0.3) is 5.91 Å². The number of fused-ring (bicyclic) bond motifs is 1. The molecule has 0 aliphatic heterocycles. The second-order valence-corrected chi connectivity index (χ2v) is 5.56. The fourth-order valence-corrected chi connectivity index (χ4v) is 2.43. The zero-order valence-electron chi connectivity index (χ0n) is 14.2. The summed E-state index contributed by atoms with van der Waals surface area (Å²) in [6.45, 7) is 4.03. The van der Waals surface area contributed by atoms with Crippen LogP contribution in [0.5, 0.6) is 5.75 Å². The number of hydrogen-bond acceptors (Lipinski definition) is 3. The lowest BCUT2D eigenvalue weighted by atomic mass is 10.1. The van der Waals surface area contributed by atoms with Crippen LogP contribution in [0.15, 0.2) is 54.6 Å². The average molecular weight is 330 g/mol. The van der Waals surface area contributed by atoms with Gasteiger partial charge in [0.2, 0.25) is 0 Å². The van der Waals surface area contributed by atoms with E-state index in [-0.39, 0.29) is 5.91 Å². The van der Waals surface area contributed by atoms with Gasteiger partial charge in [-0.05, 0) is 50.2 Å². The van der Waals surface area contributed by atoms with Crippen molar-refractivity contribution in [2.75, 3.05) is 11.9 Å². The van der Waals surface area contributed by atoms with Gasteiger partial charge in [0.05, 0.1) is 5.52 Å². The summed E-state index contributed by atoms with van der Waals surface area (Å²) in [5, 5.41) is 3.83. The highest BCUT2D eigenvalue weighted by Gasteiger charge is 2.08. The van der Waals surface area contributed by atoms with Gasteiger partial charge >= 0.3 is 0 Å². The van der Waals surface area contributed by atoms with Gasteiger partial charge in [-0.25, -0.2) is 0 Å². The molecule has 0 saturated heterocycles. The third-order valence-corrected chi connectivity index (χ3v) is 3.67. The number of aryl methyl sites for hydroxylation is 1. The summed E-state index contributed by atoms with van der Waals surface area (Å²) in [6, 6.07) is 16.6. The number of amides is 1. The van der Waals surface area contributed by atoms with Crippen LogP contribution < -0.4 is 10.1 Å². The van der Waals surface area contributed by atoms with Crippen LogP contribution in [0.1, 0.15) is 23.0 Å². The van der Waals surface area contributed by atoms with Crippen molar-refractivity contribution < 1.29 is 9.53 Å². The van der Waals surface area contributed by atoms with Crippen molar-refractivity contribution in [3.63, 3.8) is 0 Å². The fourth-order valence-electron chi connectivity index (χ4n) is 2.43. The highest BCUT2D eigenvalue weighted by atomic mass is 16.5. The van der Waals surface area contributed by atoms with Gasteiger partial charge in [-0.1, -0.05) is 18.1 Å². The molecule has 124 valence electrons. The number of pyridine rings is 1. The van der Waals surface area contributed by atoms with Crippen LogP contribution in [0.2, 0.25) is 0 Å². The second kappa shape index (κ2) is 7.50. The van der Waals surface area contributed by atoms with E-state index in [1.54, 1.807) is 19.1 Å². The number of nitrogens with zero attached hydrogens (tertiary/aromatic N) is 1. The quantitative estimate of drug-likeness (QED) is 0.730. The van der Waals surface area contributed by atoms with E-state index in [2.05, 4.69) is 22.1 Å². The average Bonchev–Trinajstić information content (AvgIpc) is 2.62. The minimum Gasteiger partial charge on any atom is -0.481 e. The molecule has 0 unspecified atom stereocenters. The molecule has 1 N–H and O–H groups in total. The monoisotopic (exact) mass is 330 g/mol. The van der Waals surface area contributed by atoms with E-state index in [0.717, 1.165) is 16.6 Å². The van der Waals surface area contributed by atoms with Gasteiger partial charge in [-0.2, -0.15) is 0 Å². The van der Waals surface area contributed by atoms with Crippen LogP contribution in [0, 0.1) is 18.8 Å². The summed E-state index contributed by atoms with van der Waals surface area (Å²) in [5.74, 6) is 6.11. The van der Waals surface area contributed by atoms with Gasteiger partial charge in [0, 0.05) is 28.4 Å². The highest BCUT2D eigenvalue weighted by molar-refractivity contribution is 6.06. The molecule has 0 saturated carbocycles. The number of benzene rings is 2. The van der Waals surface area contributed by atoms with Crippen LogP contribution in [0.25, 0.3) is 10.9 Å². The third kappa shape index (κ3) is 4.15. The van der Waals surface area contributed by atoms with Crippen LogP contribution in [0.3, 0.4) is 0 Å². The normalized spacial score (nSPS) is 10.0. The van der Waals surface area contributed by atoms with E-state index in [1.807, 2.05) is 49.4 Å². The first kappa shape index (κ1) is 16.5. The minimum absolute atomic E-state index is 0.173. The molecule has 25 heavy (non-hydrogen) atoms. The first-order valence-corrected chi connectivity index (χ1v) is 7.97. The number of anilines is 1. The predicted molar refractivity (Wildman–Crippen MR) is 99.8 cm³/mol. The third-order valence-electron chi connectivity index (χ3n) is 3.67. The summed E-state index contributed by atoms with van der Waals surface area (Å²) in [4.78, 5) is 16.9. The zero-order chi connectivity index (χ0) is 17.6. The fraction of sp³-hybridized carbons (Fsp3) is 0.143. The van der Waals surface area contributed by atoms with Crippen molar-refractivity contribution in [2.45, 2.75) is 13.8 Å². The molecule has 4 nitrogen and oxygen atoms in total. The van der Waals surface area contributed by atoms with Gasteiger partial charge in [0.1, 0.15) is 12.4 Å². The molecular formula is C21H18N2O2. The minimum atomic E-state index is -0.173. The van der Waals surface area contributed by atoms with E-state index in [9.17, 15) is 4.79 Å². The summed E-state index contributed by atoms with van der Waals surface area (Å²) in [5.41, 5.74) is 3.09. The van der Waals surface area contributed by atoms with E-state index in [4.69, 9.17) is 4.74 Å².